The molecule has 2 aromatic carbocycles. The van der Waals surface area contributed by atoms with E-state index >= 15 is 0 Å². The summed E-state index contributed by atoms with van der Waals surface area (Å²) in [6, 6.07) is 13.4. The predicted octanol–water partition coefficient (Wildman–Crippen LogP) is 4.21. The predicted molar refractivity (Wildman–Crippen MR) is 93.4 cm³/mol. The maximum atomic E-state index is 12.7. The lowest BCUT2D eigenvalue weighted by Crippen LogP contribution is -2.31. The maximum Gasteiger partial charge on any atom is 0.267 e. The molecule has 1 aliphatic heterocycles. The van der Waals surface area contributed by atoms with Crippen LogP contribution in [0.2, 0.25) is 5.02 Å². The standard InChI is InChI=1S/C18H10Cl2N2O2/c1-10(23)22-15-8-13(19)6-7-14(15)16(18(22)24)17(20)12-4-2-11(9-21)3-5-12/h2-8H,1H3. The lowest BCUT2D eigenvalue weighted by Gasteiger charge is -2.12. The van der Waals surface area contributed by atoms with Crippen molar-refractivity contribution in [3.63, 3.8) is 0 Å². The van der Waals surface area contributed by atoms with Gasteiger partial charge in [0.1, 0.15) is 0 Å². The Balaban J connectivity index is 2.22. The molecule has 0 N–H and O–H groups in total. The van der Waals surface area contributed by atoms with Crippen molar-refractivity contribution in [3.05, 3.63) is 64.2 Å². The molecule has 0 radical (unpaired) electrons. The van der Waals surface area contributed by atoms with Crippen LogP contribution in [-0.2, 0) is 9.59 Å². The summed E-state index contributed by atoms with van der Waals surface area (Å²) in [7, 11) is 0. The second kappa shape index (κ2) is 6.12. The first-order valence-electron chi connectivity index (χ1n) is 6.99. The number of rotatable bonds is 1. The van der Waals surface area contributed by atoms with E-state index in [-0.39, 0.29) is 10.6 Å². The zero-order chi connectivity index (χ0) is 17.4. The van der Waals surface area contributed by atoms with Gasteiger partial charge in [0.25, 0.3) is 5.91 Å². The van der Waals surface area contributed by atoms with E-state index in [0.717, 1.165) is 4.90 Å². The number of halogens is 2. The fourth-order valence-corrected chi connectivity index (χ4v) is 3.07. The first-order chi connectivity index (χ1) is 11.4. The minimum atomic E-state index is -0.492. The van der Waals surface area contributed by atoms with Crippen molar-refractivity contribution in [2.24, 2.45) is 0 Å². The summed E-state index contributed by atoms with van der Waals surface area (Å²) in [5, 5.41) is 9.51. The number of benzene rings is 2. The van der Waals surface area contributed by atoms with Crippen molar-refractivity contribution >= 4 is 51.3 Å². The van der Waals surface area contributed by atoms with Crippen LogP contribution in [0, 0.1) is 11.3 Å². The van der Waals surface area contributed by atoms with Crippen molar-refractivity contribution in [1.82, 2.24) is 0 Å². The number of anilines is 1. The Morgan fingerprint density at radius 3 is 2.42 bits per heavy atom. The van der Waals surface area contributed by atoms with Crippen LogP contribution in [0.25, 0.3) is 10.6 Å². The third kappa shape index (κ3) is 2.58. The summed E-state index contributed by atoms with van der Waals surface area (Å²) in [6.45, 7) is 1.31. The fourth-order valence-electron chi connectivity index (χ4n) is 2.60. The van der Waals surface area contributed by atoms with Crippen LogP contribution >= 0.6 is 23.2 Å². The molecule has 0 aromatic heterocycles. The Hall–Kier alpha value is -2.61. The highest BCUT2D eigenvalue weighted by Gasteiger charge is 2.37. The normalized spacial score (nSPS) is 15.1. The van der Waals surface area contributed by atoms with Gasteiger partial charge in [-0.05, 0) is 29.8 Å². The van der Waals surface area contributed by atoms with Gasteiger partial charge in [0.15, 0.2) is 0 Å². The summed E-state index contributed by atoms with van der Waals surface area (Å²) in [5.74, 6) is -0.906. The Morgan fingerprint density at radius 2 is 1.83 bits per heavy atom. The molecule has 4 nitrogen and oxygen atoms in total. The fraction of sp³-hybridized carbons (Fsp3) is 0.0556. The minimum Gasteiger partial charge on any atom is -0.274 e. The number of hydrogen-bond acceptors (Lipinski definition) is 3. The number of nitriles is 1. The third-order valence-electron chi connectivity index (χ3n) is 3.69. The van der Waals surface area contributed by atoms with Crippen LogP contribution in [0.4, 0.5) is 5.69 Å². The van der Waals surface area contributed by atoms with E-state index in [2.05, 4.69) is 0 Å². The van der Waals surface area contributed by atoms with Crippen LogP contribution in [0.3, 0.4) is 0 Å². The van der Waals surface area contributed by atoms with E-state index in [9.17, 15) is 9.59 Å². The molecule has 1 aliphatic rings. The second-order valence-corrected chi connectivity index (χ2v) is 6.01. The van der Waals surface area contributed by atoms with Crippen LogP contribution < -0.4 is 4.90 Å². The highest BCUT2D eigenvalue weighted by atomic mass is 35.5. The molecule has 0 atom stereocenters. The highest BCUT2D eigenvalue weighted by molar-refractivity contribution is 6.60. The number of nitrogens with zero attached hydrogens (tertiary/aromatic N) is 2. The number of amides is 2. The third-order valence-corrected chi connectivity index (χ3v) is 4.33. The van der Waals surface area contributed by atoms with Gasteiger partial charge in [0, 0.05) is 17.5 Å². The van der Waals surface area contributed by atoms with E-state index in [1.165, 1.54) is 6.92 Å². The highest BCUT2D eigenvalue weighted by Crippen LogP contribution is 2.43. The molecule has 0 spiro atoms. The molecule has 1 heterocycles. The summed E-state index contributed by atoms with van der Waals surface area (Å²) in [6.07, 6.45) is 0. The Bertz CT molecular complexity index is 940. The van der Waals surface area contributed by atoms with Crippen molar-refractivity contribution in [1.29, 1.82) is 5.26 Å². The lowest BCUT2D eigenvalue weighted by molar-refractivity contribution is -0.122. The molecule has 0 aliphatic carbocycles. The average molecular weight is 357 g/mol. The number of fused-ring (bicyclic) bond motifs is 1. The Kier molecular flexibility index (Phi) is 4.15. The van der Waals surface area contributed by atoms with E-state index in [4.69, 9.17) is 28.5 Å². The first-order valence-corrected chi connectivity index (χ1v) is 7.75. The summed E-state index contributed by atoms with van der Waals surface area (Å²) < 4.78 is 0. The summed E-state index contributed by atoms with van der Waals surface area (Å²) >= 11 is 12.4. The monoisotopic (exact) mass is 356 g/mol. The molecule has 0 bridgehead atoms. The van der Waals surface area contributed by atoms with Crippen molar-refractivity contribution in [2.75, 3.05) is 4.90 Å². The smallest absolute Gasteiger partial charge is 0.267 e. The van der Waals surface area contributed by atoms with Gasteiger partial charge in [0.2, 0.25) is 5.91 Å². The molecule has 24 heavy (non-hydrogen) atoms. The number of carbonyl (C=O) groups is 2. The van der Waals surface area contributed by atoms with Gasteiger partial charge in [-0.1, -0.05) is 41.4 Å². The quantitative estimate of drug-likeness (QED) is 0.719. The molecule has 0 saturated heterocycles. The van der Waals surface area contributed by atoms with Gasteiger partial charge in [0.05, 0.1) is 27.9 Å². The van der Waals surface area contributed by atoms with Gasteiger partial charge in [-0.3, -0.25) is 9.59 Å². The molecule has 3 rings (SSSR count). The molecule has 0 unspecified atom stereocenters. The van der Waals surface area contributed by atoms with E-state index in [1.807, 2.05) is 6.07 Å². The second-order valence-electron chi connectivity index (χ2n) is 5.20. The van der Waals surface area contributed by atoms with E-state index in [0.29, 0.717) is 27.4 Å². The summed E-state index contributed by atoms with van der Waals surface area (Å²) in [5.41, 5.74) is 2.29. The summed E-state index contributed by atoms with van der Waals surface area (Å²) in [4.78, 5) is 25.7. The van der Waals surface area contributed by atoms with Gasteiger partial charge in [-0.2, -0.15) is 5.26 Å². The van der Waals surface area contributed by atoms with Gasteiger partial charge >= 0.3 is 0 Å². The van der Waals surface area contributed by atoms with Crippen molar-refractivity contribution in [3.8, 4) is 6.07 Å². The SMILES string of the molecule is CC(=O)N1C(=O)C(=C(Cl)c2ccc(C#N)cc2)c2ccc(Cl)cc21. The zero-order valence-corrected chi connectivity index (χ0v) is 14.0. The van der Waals surface area contributed by atoms with Gasteiger partial charge in [-0.15, -0.1) is 0 Å². The average Bonchev–Trinajstić information content (AvgIpc) is 2.85. The molecule has 2 aromatic rings. The van der Waals surface area contributed by atoms with Crippen LogP contribution in [0.1, 0.15) is 23.6 Å². The van der Waals surface area contributed by atoms with Crippen LogP contribution in [-0.4, -0.2) is 11.8 Å². The topological polar surface area (TPSA) is 61.2 Å². The molecular formula is C18H10Cl2N2O2. The van der Waals surface area contributed by atoms with Crippen molar-refractivity contribution in [2.45, 2.75) is 6.92 Å². The molecule has 0 fully saturated rings. The van der Waals surface area contributed by atoms with Crippen molar-refractivity contribution < 1.29 is 9.59 Å². The number of hydrogen-bond donors (Lipinski definition) is 0. The van der Waals surface area contributed by atoms with Gasteiger partial charge in [-0.25, -0.2) is 4.90 Å². The molecule has 2 amide bonds. The largest absolute Gasteiger partial charge is 0.274 e. The van der Waals surface area contributed by atoms with Crippen LogP contribution in [0.5, 0.6) is 0 Å². The first kappa shape index (κ1) is 16.3. The number of carbonyl (C=O) groups excluding carboxylic acids is 2. The molecule has 118 valence electrons. The van der Waals surface area contributed by atoms with E-state index < -0.39 is 11.8 Å². The maximum absolute atomic E-state index is 12.7. The Morgan fingerprint density at radius 1 is 1.17 bits per heavy atom. The van der Waals surface area contributed by atoms with E-state index in [1.54, 1.807) is 42.5 Å². The van der Waals surface area contributed by atoms with Gasteiger partial charge < -0.3 is 0 Å². The Labute approximate surface area is 148 Å². The minimum absolute atomic E-state index is 0.219. The molecule has 6 heteroatoms. The number of imide groups is 1. The van der Waals surface area contributed by atoms with Crippen LogP contribution in [0.15, 0.2) is 42.5 Å². The molecular weight excluding hydrogens is 347 g/mol. The zero-order valence-electron chi connectivity index (χ0n) is 12.5. The lowest BCUT2D eigenvalue weighted by atomic mass is 10.0. The molecule has 0 saturated carbocycles.